The lowest BCUT2D eigenvalue weighted by Gasteiger charge is -2.13. The fourth-order valence-electron chi connectivity index (χ4n) is 3.79. The van der Waals surface area contributed by atoms with Crippen molar-refractivity contribution in [3.8, 4) is 11.5 Å². The Kier molecular flexibility index (Phi) is 5.64. The first-order valence-electron chi connectivity index (χ1n) is 9.67. The van der Waals surface area contributed by atoms with Crippen molar-refractivity contribution in [2.24, 2.45) is 0 Å². The number of nitrogens with one attached hydrogen (secondary N) is 3. The van der Waals surface area contributed by atoms with Crippen LogP contribution in [0.25, 0.3) is 10.8 Å². The van der Waals surface area contributed by atoms with E-state index in [1.807, 2.05) is 30.3 Å². The summed E-state index contributed by atoms with van der Waals surface area (Å²) in [5.41, 5.74) is 8.57. The number of carbonyl (C=O) groups is 1. The Morgan fingerprint density at radius 2 is 1.79 bits per heavy atom. The zero-order chi connectivity index (χ0) is 20.2. The molecule has 1 saturated heterocycles. The van der Waals surface area contributed by atoms with E-state index in [1.54, 1.807) is 14.2 Å². The minimum absolute atomic E-state index is 0.0324. The molecule has 29 heavy (non-hydrogen) atoms. The molecule has 1 aliphatic rings. The Labute approximate surface area is 170 Å². The lowest BCUT2D eigenvalue weighted by Crippen LogP contribution is -2.42. The first-order valence-corrected chi connectivity index (χ1v) is 9.67. The molecule has 0 aromatic heterocycles. The van der Waals surface area contributed by atoms with Gasteiger partial charge in [0.25, 0.3) is 0 Å². The summed E-state index contributed by atoms with van der Waals surface area (Å²) < 4.78 is 10.6. The lowest BCUT2D eigenvalue weighted by atomic mass is 9.96. The van der Waals surface area contributed by atoms with Gasteiger partial charge in [0.15, 0.2) is 11.5 Å². The molecule has 1 amide bonds. The molecule has 1 fully saturated rings. The third-order valence-corrected chi connectivity index (χ3v) is 5.33. The zero-order valence-corrected chi connectivity index (χ0v) is 16.6. The van der Waals surface area contributed by atoms with Crippen LogP contribution in [0.3, 0.4) is 0 Å². The molecule has 3 N–H and O–H groups in total. The summed E-state index contributed by atoms with van der Waals surface area (Å²) in [6.45, 7) is 0.427. The van der Waals surface area contributed by atoms with Gasteiger partial charge in [-0.1, -0.05) is 48.5 Å². The van der Waals surface area contributed by atoms with Crippen molar-refractivity contribution in [1.29, 1.82) is 0 Å². The van der Waals surface area contributed by atoms with Gasteiger partial charge in [0, 0.05) is 12.6 Å². The normalized spacial score (nSPS) is 18.6. The van der Waals surface area contributed by atoms with E-state index in [1.165, 1.54) is 16.3 Å². The SMILES string of the molecule is COc1ccc(CNC(=O)C2CC(c3cccc4ccccc34)NN2)cc1OC. The molecule has 1 heterocycles. The largest absolute Gasteiger partial charge is 0.493 e. The van der Waals surface area contributed by atoms with Crippen molar-refractivity contribution < 1.29 is 14.3 Å². The number of amides is 1. The average Bonchev–Trinajstić information content (AvgIpc) is 3.27. The summed E-state index contributed by atoms with van der Waals surface area (Å²) >= 11 is 0. The fraction of sp³-hybridized carbons (Fsp3) is 0.261. The first-order chi connectivity index (χ1) is 14.2. The van der Waals surface area contributed by atoms with Crippen LogP contribution in [0.2, 0.25) is 0 Å². The third kappa shape index (κ3) is 4.04. The summed E-state index contributed by atoms with van der Waals surface area (Å²) in [5.74, 6) is 1.29. The summed E-state index contributed by atoms with van der Waals surface area (Å²) in [6, 6.07) is 20.0. The second kappa shape index (κ2) is 8.51. The molecule has 2 unspecified atom stereocenters. The van der Waals surface area contributed by atoms with Gasteiger partial charge in [-0.2, -0.15) is 0 Å². The fourth-order valence-corrected chi connectivity index (χ4v) is 3.79. The minimum Gasteiger partial charge on any atom is -0.493 e. The predicted molar refractivity (Wildman–Crippen MR) is 113 cm³/mol. The molecule has 4 rings (SSSR count). The highest BCUT2D eigenvalue weighted by atomic mass is 16.5. The Morgan fingerprint density at radius 3 is 2.62 bits per heavy atom. The number of hydrogen-bond acceptors (Lipinski definition) is 5. The first kappa shape index (κ1) is 19.2. The number of methoxy groups -OCH3 is 2. The summed E-state index contributed by atoms with van der Waals surface area (Å²) in [5, 5.41) is 5.41. The second-order valence-corrected chi connectivity index (χ2v) is 7.11. The van der Waals surface area contributed by atoms with E-state index in [2.05, 4.69) is 46.5 Å². The van der Waals surface area contributed by atoms with Crippen LogP contribution in [0, 0.1) is 0 Å². The monoisotopic (exact) mass is 391 g/mol. The van der Waals surface area contributed by atoms with Crippen LogP contribution < -0.4 is 25.6 Å². The molecule has 3 aromatic rings. The molecule has 6 nitrogen and oxygen atoms in total. The predicted octanol–water partition coefficient (Wildman–Crippen LogP) is 3.08. The molecule has 2 atom stereocenters. The Hall–Kier alpha value is -3.09. The van der Waals surface area contributed by atoms with Gasteiger partial charge in [-0.3, -0.25) is 4.79 Å². The lowest BCUT2D eigenvalue weighted by molar-refractivity contribution is -0.123. The van der Waals surface area contributed by atoms with Gasteiger partial charge < -0.3 is 14.8 Å². The molecule has 6 heteroatoms. The molecule has 150 valence electrons. The van der Waals surface area contributed by atoms with Crippen LogP contribution in [0.1, 0.15) is 23.6 Å². The Bertz CT molecular complexity index is 1020. The van der Waals surface area contributed by atoms with Crippen molar-refractivity contribution in [3.63, 3.8) is 0 Å². The van der Waals surface area contributed by atoms with Crippen molar-refractivity contribution >= 4 is 16.7 Å². The maximum absolute atomic E-state index is 12.7. The Balaban J connectivity index is 1.40. The number of rotatable bonds is 6. The van der Waals surface area contributed by atoms with E-state index in [0.29, 0.717) is 24.5 Å². The number of ether oxygens (including phenoxy) is 2. The molecule has 1 aliphatic heterocycles. The molecule has 0 aliphatic carbocycles. The maximum atomic E-state index is 12.7. The van der Waals surface area contributed by atoms with E-state index in [-0.39, 0.29) is 18.0 Å². The number of fused-ring (bicyclic) bond motifs is 1. The maximum Gasteiger partial charge on any atom is 0.238 e. The van der Waals surface area contributed by atoms with Crippen LogP contribution in [0.4, 0.5) is 0 Å². The van der Waals surface area contributed by atoms with Crippen LogP contribution >= 0.6 is 0 Å². The van der Waals surface area contributed by atoms with Gasteiger partial charge in [0.05, 0.1) is 14.2 Å². The summed E-state index contributed by atoms with van der Waals surface area (Å²) in [4.78, 5) is 12.7. The van der Waals surface area contributed by atoms with Gasteiger partial charge in [0.2, 0.25) is 5.91 Å². The molecular formula is C23H25N3O3. The highest BCUT2D eigenvalue weighted by molar-refractivity contribution is 5.87. The standard InChI is InChI=1S/C23H25N3O3/c1-28-21-11-10-15(12-22(21)29-2)14-24-23(27)20-13-19(25-26-20)18-9-5-7-16-6-3-4-8-17(16)18/h3-12,19-20,25-26H,13-14H2,1-2H3,(H,24,27). The van der Waals surface area contributed by atoms with Gasteiger partial charge in [-0.15, -0.1) is 0 Å². The van der Waals surface area contributed by atoms with Gasteiger partial charge in [-0.05, 0) is 40.5 Å². The van der Waals surface area contributed by atoms with Crippen LogP contribution in [-0.2, 0) is 11.3 Å². The van der Waals surface area contributed by atoms with Crippen molar-refractivity contribution in [2.45, 2.75) is 25.0 Å². The van der Waals surface area contributed by atoms with Crippen molar-refractivity contribution in [3.05, 3.63) is 71.8 Å². The average molecular weight is 391 g/mol. The summed E-state index contributed by atoms with van der Waals surface area (Å²) in [6.07, 6.45) is 0.686. The van der Waals surface area contributed by atoms with E-state index in [9.17, 15) is 4.79 Å². The zero-order valence-electron chi connectivity index (χ0n) is 16.6. The van der Waals surface area contributed by atoms with Gasteiger partial charge >= 0.3 is 0 Å². The van der Waals surface area contributed by atoms with E-state index < -0.39 is 0 Å². The highest BCUT2D eigenvalue weighted by Crippen LogP contribution is 2.30. The molecule has 0 radical (unpaired) electrons. The number of benzene rings is 3. The molecule has 0 saturated carbocycles. The highest BCUT2D eigenvalue weighted by Gasteiger charge is 2.30. The summed E-state index contributed by atoms with van der Waals surface area (Å²) in [7, 11) is 3.20. The molecule has 0 bridgehead atoms. The van der Waals surface area contributed by atoms with Gasteiger partial charge in [-0.25, -0.2) is 10.9 Å². The molecule has 0 spiro atoms. The van der Waals surface area contributed by atoms with E-state index in [0.717, 1.165) is 5.56 Å². The molecule has 3 aromatic carbocycles. The van der Waals surface area contributed by atoms with Crippen LogP contribution in [0.5, 0.6) is 11.5 Å². The van der Waals surface area contributed by atoms with Crippen molar-refractivity contribution in [2.75, 3.05) is 14.2 Å². The smallest absolute Gasteiger partial charge is 0.238 e. The number of hydrogen-bond donors (Lipinski definition) is 3. The number of carbonyl (C=O) groups excluding carboxylic acids is 1. The molecular weight excluding hydrogens is 366 g/mol. The van der Waals surface area contributed by atoms with Crippen LogP contribution in [0.15, 0.2) is 60.7 Å². The number of hydrazine groups is 1. The van der Waals surface area contributed by atoms with Crippen LogP contribution in [-0.4, -0.2) is 26.2 Å². The Morgan fingerprint density at radius 1 is 1.00 bits per heavy atom. The van der Waals surface area contributed by atoms with Gasteiger partial charge in [0.1, 0.15) is 6.04 Å². The minimum atomic E-state index is -0.292. The topological polar surface area (TPSA) is 71.6 Å². The van der Waals surface area contributed by atoms with E-state index in [4.69, 9.17) is 9.47 Å². The quantitative estimate of drug-likeness (QED) is 0.602. The third-order valence-electron chi connectivity index (χ3n) is 5.33. The second-order valence-electron chi connectivity index (χ2n) is 7.11. The van der Waals surface area contributed by atoms with E-state index >= 15 is 0 Å². The van der Waals surface area contributed by atoms with Crippen molar-refractivity contribution in [1.82, 2.24) is 16.2 Å².